The van der Waals surface area contributed by atoms with Crippen LogP contribution in [0.2, 0.25) is 0 Å². The van der Waals surface area contributed by atoms with Crippen LogP contribution >= 0.6 is 0 Å². The number of pyridine rings is 2. The summed E-state index contributed by atoms with van der Waals surface area (Å²) in [6.45, 7) is 3.92. The summed E-state index contributed by atoms with van der Waals surface area (Å²) < 4.78 is 27.1. The molecule has 0 aromatic carbocycles. The fourth-order valence-electron chi connectivity index (χ4n) is 4.75. The van der Waals surface area contributed by atoms with E-state index in [-0.39, 0.29) is 18.2 Å². The molecule has 2 N–H and O–H groups in total. The van der Waals surface area contributed by atoms with Crippen LogP contribution in [0, 0.1) is 5.92 Å². The van der Waals surface area contributed by atoms with Crippen LogP contribution in [-0.2, 0) is 10.0 Å². The van der Waals surface area contributed by atoms with Gasteiger partial charge in [-0.05, 0) is 38.2 Å². The lowest BCUT2D eigenvalue weighted by atomic mass is 9.98. The highest BCUT2D eigenvalue weighted by Crippen LogP contribution is 2.34. The molecule has 2 aliphatic heterocycles. The summed E-state index contributed by atoms with van der Waals surface area (Å²) in [4.78, 5) is 14.5. The molecule has 0 spiro atoms. The third-order valence-corrected chi connectivity index (χ3v) is 8.47. The van der Waals surface area contributed by atoms with Gasteiger partial charge in [-0.1, -0.05) is 6.07 Å². The van der Waals surface area contributed by atoms with Crippen molar-refractivity contribution in [1.82, 2.24) is 19.3 Å². The van der Waals surface area contributed by atoms with Crippen molar-refractivity contribution < 1.29 is 13.5 Å². The number of aromatic nitrogens is 3. The van der Waals surface area contributed by atoms with Crippen LogP contribution < -0.4 is 4.90 Å². The minimum Gasteiger partial charge on any atom is -0.389 e. The van der Waals surface area contributed by atoms with Crippen LogP contribution in [0.5, 0.6) is 0 Å². The summed E-state index contributed by atoms with van der Waals surface area (Å²) in [5.74, 6) is 0.297. The molecule has 2 aliphatic rings. The molecule has 2 fully saturated rings. The average molecular weight is 430 g/mol. The lowest BCUT2D eigenvalue weighted by Crippen LogP contribution is -2.40. The highest BCUT2D eigenvalue weighted by molar-refractivity contribution is 7.89. The van der Waals surface area contributed by atoms with Crippen molar-refractivity contribution in [3.8, 4) is 0 Å². The number of β-amino-alcohol motifs (C(OH)–C–C–N with tert-alkyl or cyclic N) is 1. The number of nitrogens with zero attached hydrogens (tertiary/aromatic N) is 4. The molecule has 9 heteroatoms. The molecule has 0 aliphatic carbocycles. The van der Waals surface area contributed by atoms with Crippen molar-refractivity contribution in [2.24, 2.45) is 5.92 Å². The quantitative estimate of drug-likeness (QED) is 0.659. The van der Waals surface area contributed by atoms with Gasteiger partial charge < -0.3 is 15.0 Å². The van der Waals surface area contributed by atoms with E-state index in [0.29, 0.717) is 13.0 Å². The van der Waals surface area contributed by atoms with E-state index >= 15 is 0 Å². The maximum absolute atomic E-state index is 12.8. The fraction of sp³-hybridized carbons (Fsp3) is 0.524. The molecular formula is C21H27N5O3S. The van der Waals surface area contributed by atoms with Crippen LogP contribution in [0.25, 0.3) is 21.9 Å². The van der Waals surface area contributed by atoms with Crippen molar-refractivity contribution in [3.63, 3.8) is 0 Å². The van der Waals surface area contributed by atoms with E-state index in [4.69, 9.17) is 0 Å². The molecule has 5 rings (SSSR count). The van der Waals surface area contributed by atoms with Gasteiger partial charge in [-0.15, -0.1) is 0 Å². The van der Waals surface area contributed by atoms with Crippen molar-refractivity contribution >= 4 is 37.6 Å². The molecule has 3 aromatic heterocycles. The Bertz CT molecular complexity index is 1180. The molecular weight excluding hydrogens is 402 g/mol. The topological polar surface area (TPSA) is 102 Å². The number of nitrogens with one attached hydrogen (secondary N) is 1. The first-order valence-corrected chi connectivity index (χ1v) is 12.1. The minimum atomic E-state index is -3.34. The molecule has 8 nitrogen and oxygen atoms in total. The summed E-state index contributed by atoms with van der Waals surface area (Å²) in [6, 6.07) is 4.05. The van der Waals surface area contributed by atoms with E-state index in [2.05, 4.69) is 25.9 Å². The number of aliphatic hydroxyl groups is 1. The van der Waals surface area contributed by atoms with E-state index in [1.54, 1.807) is 13.1 Å². The van der Waals surface area contributed by atoms with Crippen LogP contribution in [0.3, 0.4) is 0 Å². The first-order chi connectivity index (χ1) is 14.3. The van der Waals surface area contributed by atoms with Crippen LogP contribution in [0.15, 0.2) is 30.7 Å². The number of piperidine rings is 1. The van der Waals surface area contributed by atoms with Crippen LogP contribution in [0.1, 0.15) is 26.2 Å². The fourth-order valence-corrected chi connectivity index (χ4v) is 6.73. The zero-order valence-electron chi connectivity index (χ0n) is 17.1. The number of aromatic amines is 1. The lowest BCUT2D eigenvalue weighted by molar-refractivity contribution is 0.0762. The van der Waals surface area contributed by atoms with Gasteiger partial charge in [0.05, 0.1) is 40.3 Å². The van der Waals surface area contributed by atoms with Gasteiger partial charge in [0.15, 0.2) is 5.65 Å². The van der Waals surface area contributed by atoms with Crippen LogP contribution in [0.4, 0.5) is 5.69 Å². The highest BCUT2D eigenvalue weighted by atomic mass is 32.2. The second-order valence-electron chi connectivity index (χ2n) is 8.89. The zero-order valence-corrected chi connectivity index (χ0v) is 17.9. The first kappa shape index (κ1) is 19.7. The van der Waals surface area contributed by atoms with Gasteiger partial charge in [-0.3, -0.25) is 0 Å². The molecule has 1 unspecified atom stereocenters. The summed E-state index contributed by atoms with van der Waals surface area (Å²) in [7, 11) is -3.34. The molecule has 2 saturated heterocycles. The van der Waals surface area contributed by atoms with E-state index in [0.717, 1.165) is 53.6 Å². The van der Waals surface area contributed by atoms with Gasteiger partial charge in [0.1, 0.15) is 0 Å². The van der Waals surface area contributed by atoms with Gasteiger partial charge in [0, 0.05) is 37.8 Å². The Morgan fingerprint density at radius 3 is 2.73 bits per heavy atom. The molecule has 0 amide bonds. The van der Waals surface area contributed by atoms with Crippen molar-refractivity contribution in [3.05, 3.63) is 30.7 Å². The molecule has 5 heterocycles. The van der Waals surface area contributed by atoms with E-state index in [1.807, 2.05) is 18.5 Å². The minimum absolute atomic E-state index is 0.134. The number of rotatable bonds is 4. The summed E-state index contributed by atoms with van der Waals surface area (Å²) in [5.41, 5.74) is 1.88. The van der Waals surface area contributed by atoms with Crippen molar-refractivity contribution in [1.29, 1.82) is 0 Å². The lowest BCUT2D eigenvalue weighted by Gasteiger charge is -2.33. The monoisotopic (exact) mass is 429 g/mol. The number of hydrogen-bond donors (Lipinski definition) is 2. The molecule has 3 aromatic rings. The second kappa shape index (κ2) is 7.18. The number of H-pyrrole nitrogens is 1. The number of hydrogen-bond acceptors (Lipinski definition) is 6. The Morgan fingerprint density at radius 2 is 2.00 bits per heavy atom. The summed E-state index contributed by atoms with van der Waals surface area (Å²) in [5, 5.41) is 12.3. The van der Waals surface area contributed by atoms with Crippen molar-refractivity contribution in [2.75, 3.05) is 36.8 Å². The molecule has 0 radical (unpaired) electrons. The van der Waals surface area contributed by atoms with Gasteiger partial charge in [-0.25, -0.2) is 18.4 Å². The number of fused-ring (bicyclic) bond motifs is 3. The normalized spacial score (nSPS) is 24.3. The molecule has 1 atom stereocenters. The predicted molar refractivity (Wildman–Crippen MR) is 117 cm³/mol. The Morgan fingerprint density at radius 1 is 1.23 bits per heavy atom. The predicted octanol–water partition coefficient (Wildman–Crippen LogP) is 2.11. The van der Waals surface area contributed by atoms with Gasteiger partial charge >= 0.3 is 0 Å². The second-order valence-corrected chi connectivity index (χ2v) is 10.9. The zero-order chi connectivity index (χ0) is 20.9. The largest absolute Gasteiger partial charge is 0.389 e. The van der Waals surface area contributed by atoms with Gasteiger partial charge in [0.2, 0.25) is 10.0 Å². The highest BCUT2D eigenvalue weighted by Gasteiger charge is 2.39. The van der Waals surface area contributed by atoms with E-state index in [1.165, 1.54) is 4.31 Å². The smallest absolute Gasteiger partial charge is 0.214 e. The molecule has 0 saturated carbocycles. The molecule has 30 heavy (non-hydrogen) atoms. The maximum Gasteiger partial charge on any atom is 0.214 e. The SMILES string of the molecule is CC1(O)CCN(S(=O)(=O)CC2CCN(c3cnc4ncc5[nH]cccc5c34)CC2)C1. The summed E-state index contributed by atoms with van der Waals surface area (Å²) >= 11 is 0. The Balaban J connectivity index is 1.30. The Labute approximate surface area is 176 Å². The summed E-state index contributed by atoms with van der Waals surface area (Å²) in [6.07, 6.45) is 7.72. The van der Waals surface area contributed by atoms with E-state index in [9.17, 15) is 13.5 Å². The number of sulfonamides is 1. The molecule has 0 bridgehead atoms. The third kappa shape index (κ3) is 3.55. The third-order valence-electron chi connectivity index (χ3n) is 6.47. The molecule has 160 valence electrons. The Kier molecular flexibility index (Phi) is 4.72. The standard InChI is InChI=1S/C21H27N5O3S/c1-21(27)6-10-26(14-21)30(28,29)13-15-4-8-25(9-5-15)18-12-24-20-19(18)16-3-2-7-22-17(16)11-23-20/h2-3,7,11-12,15,22,27H,4-6,8-10,13-14H2,1H3. The van der Waals surface area contributed by atoms with Crippen molar-refractivity contribution in [2.45, 2.75) is 31.8 Å². The van der Waals surface area contributed by atoms with Gasteiger partial charge in [-0.2, -0.15) is 4.31 Å². The van der Waals surface area contributed by atoms with E-state index < -0.39 is 15.6 Å². The van der Waals surface area contributed by atoms with Crippen LogP contribution in [-0.4, -0.2) is 70.3 Å². The maximum atomic E-state index is 12.8. The Hall–Kier alpha value is -2.23. The first-order valence-electron chi connectivity index (χ1n) is 10.5. The van der Waals surface area contributed by atoms with Gasteiger partial charge in [0.25, 0.3) is 0 Å². The number of anilines is 1. The average Bonchev–Trinajstić information content (AvgIpc) is 3.32.